The molecule has 2 rings (SSSR count). The van der Waals surface area contributed by atoms with E-state index in [2.05, 4.69) is 26.0 Å². The van der Waals surface area contributed by atoms with Gasteiger partial charge in [-0.2, -0.15) is 0 Å². The van der Waals surface area contributed by atoms with E-state index in [1.807, 2.05) is 26.0 Å². The Morgan fingerprint density at radius 1 is 1.12 bits per heavy atom. The molecule has 0 saturated heterocycles. The zero-order chi connectivity index (χ0) is 17.7. The Kier molecular flexibility index (Phi) is 5.98. The van der Waals surface area contributed by atoms with Crippen molar-refractivity contribution in [3.8, 4) is 5.75 Å². The number of anilines is 1. The third-order valence-electron chi connectivity index (χ3n) is 3.35. The molecule has 0 heterocycles. The second-order valence-electron chi connectivity index (χ2n) is 5.28. The maximum absolute atomic E-state index is 12.0. The van der Waals surface area contributed by atoms with Gasteiger partial charge in [-0.25, -0.2) is 4.79 Å². The highest BCUT2D eigenvalue weighted by atomic mass is 79.9. The summed E-state index contributed by atoms with van der Waals surface area (Å²) in [6.45, 7) is 3.80. The summed E-state index contributed by atoms with van der Waals surface area (Å²) in [6.07, 6.45) is 0. The molecule has 2 aromatic rings. The topological polar surface area (TPSA) is 64.6 Å². The molecule has 0 aliphatic carbocycles. The molecule has 0 radical (unpaired) electrons. The fourth-order valence-corrected chi connectivity index (χ4v) is 2.41. The van der Waals surface area contributed by atoms with Crippen molar-refractivity contribution in [2.75, 3.05) is 19.0 Å². The van der Waals surface area contributed by atoms with Gasteiger partial charge in [0.15, 0.2) is 6.61 Å². The first kappa shape index (κ1) is 18.0. The van der Waals surface area contributed by atoms with Gasteiger partial charge in [0.1, 0.15) is 5.75 Å². The highest BCUT2D eigenvalue weighted by Crippen LogP contribution is 2.26. The number of amides is 1. The smallest absolute Gasteiger partial charge is 0.337 e. The second kappa shape index (κ2) is 7.97. The number of rotatable bonds is 5. The van der Waals surface area contributed by atoms with Crippen LogP contribution in [0.1, 0.15) is 21.5 Å². The molecule has 0 fully saturated rings. The van der Waals surface area contributed by atoms with Crippen molar-refractivity contribution < 1.29 is 19.1 Å². The monoisotopic (exact) mass is 391 g/mol. The number of esters is 1. The number of aryl methyl sites for hydroxylation is 2. The molecule has 1 N–H and O–H groups in total. The number of carbonyl (C=O) groups is 2. The average molecular weight is 392 g/mol. The molecular weight excluding hydrogens is 374 g/mol. The van der Waals surface area contributed by atoms with E-state index in [4.69, 9.17) is 4.74 Å². The standard InChI is InChI=1S/C18H18BrNO4/c1-11-7-15(8-12(2)17(11)19)24-10-16(21)20-14-6-4-5-13(9-14)18(22)23-3/h4-9H,10H2,1-3H3,(H,20,21). The van der Waals surface area contributed by atoms with Crippen LogP contribution in [0.4, 0.5) is 5.69 Å². The minimum Gasteiger partial charge on any atom is -0.484 e. The molecular formula is C18H18BrNO4. The average Bonchev–Trinajstić information content (AvgIpc) is 2.57. The Balaban J connectivity index is 1.98. The van der Waals surface area contributed by atoms with E-state index in [-0.39, 0.29) is 12.5 Å². The van der Waals surface area contributed by atoms with Crippen molar-refractivity contribution in [1.82, 2.24) is 0 Å². The van der Waals surface area contributed by atoms with Gasteiger partial charge in [0.05, 0.1) is 12.7 Å². The summed E-state index contributed by atoms with van der Waals surface area (Å²) in [5, 5.41) is 2.69. The number of ether oxygens (including phenoxy) is 2. The highest BCUT2D eigenvalue weighted by molar-refractivity contribution is 9.10. The number of methoxy groups -OCH3 is 1. The number of carbonyl (C=O) groups excluding carboxylic acids is 2. The van der Waals surface area contributed by atoms with Crippen molar-refractivity contribution in [3.63, 3.8) is 0 Å². The van der Waals surface area contributed by atoms with Crippen molar-refractivity contribution in [2.45, 2.75) is 13.8 Å². The predicted octanol–water partition coefficient (Wildman–Crippen LogP) is 3.87. The highest BCUT2D eigenvalue weighted by Gasteiger charge is 2.09. The van der Waals surface area contributed by atoms with Crippen LogP contribution in [0.2, 0.25) is 0 Å². The summed E-state index contributed by atoms with van der Waals surface area (Å²) in [6, 6.07) is 10.3. The lowest BCUT2D eigenvalue weighted by Crippen LogP contribution is -2.20. The van der Waals surface area contributed by atoms with Crippen LogP contribution in [0.5, 0.6) is 5.75 Å². The van der Waals surface area contributed by atoms with Crippen LogP contribution < -0.4 is 10.1 Å². The summed E-state index contributed by atoms with van der Waals surface area (Å²) in [5.74, 6) is -0.134. The maximum Gasteiger partial charge on any atom is 0.337 e. The number of halogens is 1. The Morgan fingerprint density at radius 3 is 2.42 bits per heavy atom. The summed E-state index contributed by atoms with van der Waals surface area (Å²) in [5.41, 5.74) is 2.96. The lowest BCUT2D eigenvalue weighted by Gasteiger charge is -2.11. The van der Waals surface area contributed by atoms with E-state index in [9.17, 15) is 9.59 Å². The molecule has 1 amide bonds. The Labute approximate surface area is 149 Å². The molecule has 0 aliphatic rings. The van der Waals surface area contributed by atoms with Gasteiger partial charge in [-0.15, -0.1) is 0 Å². The molecule has 0 unspecified atom stereocenters. The van der Waals surface area contributed by atoms with Crippen molar-refractivity contribution in [3.05, 3.63) is 57.6 Å². The van der Waals surface area contributed by atoms with Crippen LogP contribution in [0.25, 0.3) is 0 Å². The Bertz CT molecular complexity index is 750. The number of hydrogen-bond donors (Lipinski definition) is 1. The molecule has 0 bridgehead atoms. The van der Waals surface area contributed by atoms with Crippen LogP contribution in [-0.4, -0.2) is 25.6 Å². The lowest BCUT2D eigenvalue weighted by atomic mass is 10.1. The first-order chi connectivity index (χ1) is 11.4. The van der Waals surface area contributed by atoms with Crippen molar-refractivity contribution in [2.24, 2.45) is 0 Å². The SMILES string of the molecule is COC(=O)c1cccc(NC(=O)COc2cc(C)c(Br)c(C)c2)c1. The zero-order valence-electron chi connectivity index (χ0n) is 13.7. The Morgan fingerprint density at radius 2 is 1.79 bits per heavy atom. The molecule has 0 spiro atoms. The summed E-state index contributed by atoms with van der Waals surface area (Å²) in [4.78, 5) is 23.5. The number of benzene rings is 2. The van der Waals surface area contributed by atoms with E-state index >= 15 is 0 Å². The molecule has 6 heteroatoms. The minimum atomic E-state index is -0.455. The summed E-state index contributed by atoms with van der Waals surface area (Å²) >= 11 is 3.49. The van der Waals surface area contributed by atoms with E-state index in [1.165, 1.54) is 7.11 Å². The van der Waals surface area contributed by atoms with Gasteiger partial charge in [-0.3, -0.25) is 4.79 Å². The molecule has 0 aromatic heterocycles. The van der Waals surface area contributed by atoms with Crippen molar-refractivity contribution >= 4 is 33.5 Å². The molecule has 126 valence electrons. The van der Waals surface area contributed by atoms with Gasteiger partial charge in [0, 0.05) is 10.2 Å². The van der Waals surface area contributed by atoms with Crippen LogP contribution in [0.15, 0.2) is 40.9 Å². The van der Waals surface area contributed by atoms with Crippen LogP contribution in [0.3, 0.4) is 0 Å². The van der Waals surface area contributed by atoms with Crippen molar-refractivity contribution in [1.29, 1.82) is 0 Å². The van der Waals surface area contributed by atoms with E-state index in [0.29, 0.717) is 17.0 Å². The number of nitrogens with one attached hydrogen (secondary N) is 1. The molecule has 2 aromatic carbocycles. The quantitative estimate of drug-likeness (QED) is 0.785. The Hall–Kier alpha value is -2.34. The molecule has 0 aliphatic heterocycles. The van der Waals surface area contributed by atoms with Gasteiger partial charge in [0.25, 0.3) is 5.91 Å². The maximum atomic E-state index is 12.0. The first-order valence-corrected chi connectivity index (χ1v) is 8.08. The van der Waals surface area contributed by atoms with Crippen LogP contribution in [0, 0.1) is 13.8 Å². The molecule has 0 saturated carbocycles. The zero-order valence-corrected chi connectivity index (χ0v) is 15.3. The lowest BCUT2D eigenvalue weighted by molar-refractivity contribution is -0.118. The van der Waals surface area contributed by atoms with E-state index in [1.54, 1.807) is 24.3 Å². The predicted molar refractivity (Wildman–Crippen MR) is 95.5 cm³/mol. The van der Waals surface area contributed by atoms with E-state index < -0.39 is 5.97 Å². The summed E-state index contributed by atoms with van der Waals surface area (Å²) in [7, 11) is 1.31. The third-order valence-corrected chi connectivity index (χ3v) is 4.60. The minimum absolute atomic E-state index is 0.122. The molecule has 0 atom stereocenters. The second-order valence-corrected chi connectivity index (χ2v) is 6.07. The largest absolute Gasteiger partial charge is 0.484 e. The summed E-state index contributed by atoms with van der Waals surface area (Å²) < 4.78 is 11.2. The fraction of sp³-hybridized carbons (Fsp3) is 0.222. The van der Waals surface area contributed by atoms with Gasteiger partial charge in [-0.1, -0.05) is 22.0 Å². The molecule has 24 heavy (non-hydrogen) atoms. The third kappa shape index (κ3) is 4.58. The van der Waals surface area contributed by atoms with Gasteiger partial charge >= 0.3 is 5.97 Å². The van der Waals surface area contributed by atoms with Crippen LogP contribution in [-0.2, 0) is 9.53 Å². The normalized spacial score (nSPS) is 10.2. The first-order valence-electron chi connectivity index (χ1n) is 7.28. The van der Waals surface area contributed by atoms with Gasteiger partial charge in [0.2, 0.25) is 0 Å². The van der Waals surface area contributed by atoms with Gasteiger partial charge in [-0.05, 0) is 55.3 Å². The van der Waals surface area contributed by atoms with E-state index in [0.717, 1.165) is 15.6 Å². The molecule has 5 nitrogen and oxygen atoms in total. The fourth-order valence-electron chi connectivity index (χ4n) is 2.18. The number of hydrogen-bond acceptors (Lipinski definition) is 4. The van der Waals surface area contributed by atoms with Gasteiger partial charge < -0.3 is 14.8 Å². The van der Waals surface area contributed by atoms with Crippen LogP contribution >= 0.6 is 15.9 Å².